The van der Waals surface area contributed by atoms with Gasteiger partial charge in [-0.2, -0.15) is 0 Å². The van der Waals surface area contributed by atoms with Crippen LogP contribution in [0.1, 0.15) is 194 Å². The van der Waals surface area contributed by atoms with E-state index in [1.165, 1.54) is 135 Å². The second-order valence-electron chi connectivity index (χ2n) is 16.4. The summed E-state index contributed by atoms with van der Waals surface area (Å²) in [5.74, 6) is -0.193. The predicted octanol–water partition coefficient (Wildman–Crippen LogP) is 12.3. The molecule has 318 valence electrons. The Labute approximate surface area is 334 Å². The Kier molecular flexibility index (Phi) is 36.4. The molecule has 0 aliphatic carbocycles. The van der Waals surface area contributed by atoms with Crippen molar-refractivity contribution >= 4 is 13.7 Å². The van der Waals surface area contributed by atoms with Gasteiger partial charge >= 0.3 is 7.82 Å². The molecular formula is C45H88N2O6P+. The number of allylic oxidation sites excluding steroid dienone is 5. The Bertz CT molecular complexity index is 980. The number of aliphatic hydroxyl groups is 1. The number of unbranched alkanes of at least 4 members (excludes halogenated alkanes) is 23. The van der Waals surface area contributed by atoms with Gasteiger partial charge in [-0.25, -0.2) is 4.57 Å². The Morgan fingerprint density at radius 2 is 1.02 bits per heavy atom. The lowest BCUT2D eigenvalue weighted by molar-refractivity contribution is -0.870. The lowest BCUT2D eigenvalue weighted by Gasteiger charge is -2.25. The number of likely N-dealkylation sites (N-methyl/N-ethyl adjacent to an activating group) is 1. The number of quaternary nitrogens is 1. The summed E-state index contributed by atoms with van der Waals surface area (Å²) in [5, 5.41) is 13.8. The highest BCUT2D eigenvalue weighted by molar-refractivity contribution is 7.47. The monoisotopic (exact) mass is 784 g/mol. The first kappa shape index (κ1) is 52.7. The number of carbonyl (C=O) groups is 1. The molecule has 8 nitrogen and oxygen atoms in total. The highest BCUT2D eigenvalue weighted by Crippen LogP contribution is 2.43. The van der Waals surface area contributed by atoms with Gasteiger partial charge in [-0.3, -0.25) is 13.8 Å². The third kappa shape index (κ3) is 39.0. The molecule has 3 unspecified atom stereocenters. The van der Waals surface area contributed by atoms with Crippen molar-refractivity contribution in [3.63, 3.8) is 0 Å². The number of aliphatic hydroxyl groups excluding tert-OH is 1. The second kappa shape index (κ2) is 37.3. The Morgan fingerprint density at radius 3 is 1.48 bits per heavy atom. The molecule has 0 radical (unpaired) electrons. The normalized spacial score (nSPS) is 14.7. The van der Waals surface area contributed by atoms with Crippen LogP contribution in [0.2, 0.25) is 0 Å². The first-order valence-electron chi connectivity index (χ1n) is 22.4. The average molecular weight is 784 g/mol. The number of nitrogens with one attached hydrogen (secondary N) is 1. The zero-order valence-electron chi connectivity index (χ0n) is 36.0. The van der Waals surface area contributed by atoms with Gasteiger partial charge in [0.1, 0.15) is 13.2 Å². The standard InChI is InChI=1S/C45H87N2O6P/c1-6-8-10-12-14-16-18-20-22-23-25-27-29-31-33-35-37-39-45(49)46-43(42-53-54(50,51)52-41-40-47(3,4)5)44(48)38-36-34-32-30-28-26-24-21-19-17-15-13-11-9-7-2/h20,22,28,30,36,38,43-44,48H,6-19,21,23-27,29,31-35,37,39-42H2,1-5H3,(H-,46,49,50,51)/p+1/b22-20-,30-28+,38-36+. The van der Waals surface area contributed by atoms with Gasteiger partial charge in [-0.05, 0) is 57.8 Å². The van der Waals surface area contributed by atoms with Crippen LogP contribution >= 0.6 is 7.82 Å². The summed E-state index contributed by atoms with van der Waals surface area (Å²) in [6.45, 7) is 4.78. The molecule has 9 heteroatoms. The first-order chi connectivity index (χ1) is 26.0. The molecule has 0 aliphatic rings. The van der Waals surface area contributed by atoms with Gasteiger partial charge in [0, 0.05) is 6.42 Å². The zero-order valence-corrected chi connectivity index (χ0v) is 36.9. The number of amides is 1. The summed E-state index contributed by atoms with van der Waals surface area (Å²) in [5.41, 5.74) is 0. The van der Waals surface area contributed by atoms with Crippen molar-refractivity contribution < 1.29 is 32.9 Å². The van der Waals surface area contributed by atoms with Crippen LogP contribution in [0.4, 0.5) is 0 Å². The van der Waals surface area contributed by atoms with Gasteiger partial charge < -0.3 is 19.8 Å². The van der Waals surface area contributed by atoms with Crippen LogP contribution in [0.3, 0.4) is 0 Å². The predicted molar refractivity (Wildman–Crippen MR) is 231 cm³/mol. The fraction of sp³-hybridized carbons (Fsp3) is 0.844. The topological polar surface area (TPSA) is 105 Å². The van der Waals surface area contributed by atoms with Gasteiger partial charge in [0.15, 0.2) is 0 Å². The van der Waals surface area contributed by atoms with Crippen LogP contribution in [0.15, 0.2) is 36.5 Å². The smallest absolute Gasteiger partial charge is 0.387 e. The Hall–Kier alpha value is -1.28. The first-order valence-corrected chi connectivity index (χ1v) is 23.9. The molecule has 0 rings (SSSR count). The number of phosphoric ester groups is 1. The molecule has 0 saturated carbocycles. The van der Waals surface area contributed by atoms with Crippen molar-refractivity contribution in [2.45, 2.75) is 206 Å². The fourth-order valence-electron chi connectivity index (χ4n) is 6.23. The quantitative estimate of drug-likeness (QED) is 0.0247. The van der Waals surface area contributed by atoms with Crippen LogP contribution in [0, 0.1) is 0 Å². The number of carbonyl (C=O) groups excluding carboxylic acids is 1. The number of nitrogens with zero attached hydrogens (tertiary/aromatic N) is 1. The second-order valence-corrected chi connectivity index (χ2v) is 17.9. The SMILES string of the molecule is CCCCCCCC/C=C\CCCCCCCCCC(=O)NC(COP(=O)(O)OCC[N+](C)(C)C)C(O)/C=C/CC/C=C/CCCCCCCCCCC. The van der Waals surface area contributed by atoms with Crippen LogP contribution in [0.5, 0.6) is 0 Å². The minimum Gasteiger partial charge on any atom is -0.387 e. The zero-order chi connectivity index (χ0) is 40.0. The molecule has 0 aliphatic heterocycles. The molecular weight excluding hydrogens is 695 g/mol. The summed E-state index contributed by atoms with van der Waals surface area (Å²) in [6.07, 6.45) is 45.0. The Morgan fingerprint density at radius 1 is 0.611 bits per heavy atom. The minimum absolute atomic E-state index is 0.0553. The molecule has 3 N–H and O–H groups in total. The third-order valence-electron chi connectivity index (χ3n) is 9.83. The molecule has 3 atom stereocenters. The van der Waals surface area contributed by atoms with E-state index in [2.05, 4.69) is 43.5 Å². The van der Waals surface area contributed by atoms with Gasteiger partial charge in [-0.15, -0.1) is 0 Å². The van der Waals surface area contributed by atoms with Gasteiger partial charge in [0.2, 0.25) is 5.91 Å². The summed E-state index contributed by atoms with van der Waals surface area (Å²) >= 11 is 0. The van der Waals surface area contributed by atoms with E-state index in [4.69, 9.17) is 9.05 Å². The number of hydrogen-bond donors (Lipinski definition) is 3. The van der Waals surface area contributed by atoms with Crippen molar-refractivity contribution in [1.82, 2.24) is 5.32 Å². The maximum atomic E-state index is 12.9. The van der Waals surface area contributed by atoms with E-state index in [1.807, 2.05) is 27.2 Å². The average Bonchev–Trinajstić information content (AvgIpc) is 3.12. The highest BCUT2D eigenvalue weighted by atomic mass is 31.2. The van der Waals surface area contributed by atoms with Gasteiger partial charge in [0.05, 0.1) is 39.9 Å². The van der Waals surface area contributed by atoms with Crippen LogP contribution in [0.25, 0.3) is 0 Å². The van der Waals surface area contributed by atoms with Crippen LogP contribution in [-0.4, -0.2) is 73.4 Å². The fourth-order valence-corrected chi connectivity index (χ4v) is 6.96. The van der Waals surface area contributed by atoms with Crippen molar-refractivity contribution in [1.29, 1.82) is 0 Å². The lowest BCUT2D eigenvalue weighted by Crippen LogP contribution is -2.45. The Balaban J connectivity index is 4.47. The van der Waals surface area contributed by atoms with Crippen molar-refractivity contribution in [3.8, 4) is 0 Å². The van der Waals surface area contributed by atoms with E-state index < -0.39 is 20.0 Å². The number of hydrogen-bond acceptors (Lipinski definition) is 5. The number of rotatable bonds is 40. The van der Waals surface area contributed by atoms with Crippen molar-refractivity contribution in [2.24, 2.45) is 0 Å². The third-order valence-corrected chi connectivity index (χ3v) is 10.8. The van der Waals surface area contributed by atoms with E-state index in [0.717, 1.165) is 38.5 Å². The molecule has 0 bridgehead atoms. The minimum atomic E-state index is -4.34. The summed E-state index contributed by atoms with van der Waals surface area (Å²) in [6, 6.07) is -0.863. The van der Waals surface area contributed by atoms with E-state index in [-0.39, 0.29) is 19.1 Å². The molecule has 0 fully saturated rings. The molecule has 0 aromatic rings. The largest absolute Gasteiger partial charge is 0.472 e. The van der Waals surface area contributed by atoms with E-state index in [1.54, 1.807) is 6.08 Å². The van der Waals surface area contributed by atoms with Crippen LogP contribution in [-0.2, 0) is 18.4 Å². The summed E-state index contributed by atoms with van der Waals surface area (Å²) in [7, 11) is 1.55. The van der Waals surface area contributed by atoms with Gasteiger partial charge in [-0.1, -0.05) is 166 Å². The summed E-state index contributed by atoms with van der Waals surface area (Å²) < 4.78 is 23.5. The van der Waals surface area contributed by atoms with Gasteiger partial charge in [0.25, 0.3) is 0 Å². The van der Waals surface area contributed by atoms with Crippen molar-refractivity contribution in [3.05, 3.63) is 36.5 Å². The highest BCUT2D eigenvalue weighted by Gasteiger charge is 2.27. The van der Waals surface area contributed by atoms with E-state index in [9.17, 15) is 19.4 Å². The van der Waals surface area contributed by atoms with E-state index in [0.29, 0.717) is 17.4 Å². The molecule has 54 heavy (non-hydrogen) atoms. The van der Waals surface area contributed by atoms with Crippen molar-refractivity contribution in [2.75, 3.05) is 40.9 Å². The summed E-state index contributed by atoms with van der Waals surface area (Å²) in [4.78, 5) is 23.1. The number of phosphoric acid groups is 1. The lowest BCUT2D eigenvalue weighted by atomic mass is 10.1. The molecule has 0 heterocycles. The molecule has 0 saturated heterocycles. The van der Waals surface area contributed by atoms with Crippen LogP contribution < -0.4 is 5.32 Å². The molecule has 0 spiro atoms. The molecule has 0 aromatic heterocycles. The van der Waals surface area contributed by atoms with E-state index >= 15 is 0 Å². The maximum absolute atomic E-state index is 12.9. The maximum Gasteiger partial charge on any atom is 0.472 e. The molecule has 0 aromatic carbocycles. The molecule has 1 amide bonds.